The molecule has 0 unspecified atom stereocenters. The molecule has 9 heteroatoms. The first-order valence-corrected chi connectivity index (χ1v) is 7.80. The molecule has 2 aromatic carbocycles. The topological polar surface area (TPSA) is 110 Å². The molecule has 2 aliphatic heterocycles. The van der Waals surface area contributed by atoms with E-state index in [-0.39, 0.29) is 24.8 Å². The summed E-state index contributed by atoms with van der Waals surface area (Å²) in [5.74, 6) is 2.53. The first-order chi connectivity index (χ1) is 12.8. The standard InChI is InChI=1S/C17H12N4O5/c22-17-16(20-18-10-2-4-12-14(6-10)26-8-24-12)15(19-21-17)9-1-3-11-13(5-9)25-7-23-11/h1-6H,7-8H2,(H2,19,21,22). The molecule has 2 N–H and O–H groups in total. The van der Waals surface area contributed by atoms with Crippen molar-refractivity contribution >= 4 is 11.4 Å². The summed E-state index contributed by atoms with van der Waals surface area (Å²) in [6.45, 7) is 0.362. The van der Waals surface area contributed by atoms with Crippen molar-refractivity contribution in [1.29, 1.82) is 0 Å². The fourth-order valence-corrected chi connectivity index (χ4v) is 2.76. The Kier molecular flexibility index (Phi) is 3.17. The van der Waals surface area contributed by atoms with Crippen LogP contribution in [0.15, 0.2) is 51.4 Å². The normalized spacial score (nSPS) is 14.3. The highest BCUT2D eigenvalue weighted by atomic mass is 16.7. The number of azo groups is 1. The molecule has 130 valence electrons. The van der Waals surface area contributed by atoms with Crippen molar-refractivity contribution in [2.45, 2.75) is 0 Å². The minimum atomic E-state index is -0.373. The van der Waals surface area contributed by atoms with Gasteiger partial charge < -0.3 is 18.9 Å². The summed E-state index contributed by atoms with van der Waals surface area (Å²) >= 11 is 0. The molecule has 3 aromatic rings. The Labute approximate surface area is 146 Å². The summed E-state index contributed by atoms with van der Waals surface area (Å²) in [7, 11) is 0. The van der Waals surface area contributed by atoms with E-state index >= 15 is 0 Å². The van der Waals surface area contributed by atoms with E-state index in [2.05, 4.69) is 20.4 Å². The largest absolute Gasteiger partial charge is 0.454 e. The summed E-state index contributed by atoms with van der Waals surface area (Å²) in [5, 5.41) is 13.6. The van der Waals surface area contributed by atoms with E-state index in [1.54, 1.807) is 30.3 Å². The highest BCUT2D eigenvalue weighted by Crippen LogP contribution is 2.38. The number of ether oxygens (including phenoxy) is 4. The van der Waals surface area contributed by atoms with Crippen molar-refractivity contribution in [3.63, 3.8) is 0 Å². The molecule has 5 rings (SSSR count). The maximum atomic E-state index is 12.1. The predicted molar refractivity (Wildman–Crippen MR) is 89.7 cm³/mol. The summed E-state index contributed by atoms with van der Waals surface area (Å²) in [6, 6.07) is 10.6. The van der Waals surface area contributed by atoms with Crippen LogP contribution in [0, 0.1) is 0 Å². The van der Waals surface area contributed by atoms with Gasteiger partial charge in [0, 0.05) is 11.6 Å². The van der Waals surface area contributed by atoms with Gasteiger partial charge in [0.05, 0.1) is 11.4 Å². The minimum Gasteiger partial charge on any atom is -0.454 e. The predicted octanol–water partition coefficient (Wildman–Crippen LogP) is 3.24. The third kappa shape index (κ3) is 2.37. The first-order valence-electron chi connectivity index (χ1n) is 7.80. The number of hydrogen-bond donors (Lipinski definition) is 2. The van der Waals surface area contributed by atoms with Crippen molar-refractivity contribution in [2.24, 2.45) is 10.2 Å². The third-order valence-corrected chi connectivity index (χ3v) is 4.04. The number of benzene rings is 2. The van der Waals surface area contributed by atoms with Gasteiger partial charge in [-0.1, -0.05) is 0 Å². The van der Waals surface area contributed by atoms with Crippen LogP contribution in [0.3, 0.4) is 0 Å². The number of aromatic amines is 2. The van der Waals surface area contributed by atoms with Crippen LogP contribution in [-0.4, -0.2) is 23.8 Å². The Hall–Kier alpha value is -3.75. The van der Waals surface area contributed by atoms with E-state index in [9.17, 15) is 4.79 Å². The molecule has 0 amide bonds. The fourth-order valence-electron chi connectivity index (χ4n) is 2.76. The maximum Gasteiger partial charge on any atom is 0.292 e. The Bertz CT molecular complexity index is 1080. The zero-order valence-electron chi connectivity index (χ0n) is 13.3. The van der Waals surface area contributed by atoms with Gasteiger partial charge in [0.2, 0.25) is 13.6 Å². The number of aromatic nitrogens is 2. The molecule has 0 fully saturated rings. The first kappa shape index (κ1) is 14.6. The summed E-state index contributed by atoms with van der Waals surface area (Å²) in [5.41, 5.74) is 1.58. The second-order valence-corrected chi connectivity index (χ2v) is 5.61. The van der Waals surface area contributed by atoms with Gasteiger partial charge in [-0.15, -0.1) is 5.11 Å². The van der Waals surface area contributed by atoms with Crippen LogP contribution in [0.25, 0.3) is 11.3 Å². The van der Waals surface area contributed by atoms with Crippen LogP contribution in [0.5, 0.6) is 23.0 Å². The molecular weight excluding hydrogens is 340 g/mol. The number of nitrogens with zero attached hydrogens (tertiary/aromatic N) is 2. The van der Waals surface area contributed by atoms with Crippen molar-refractivity contribution in [2.75, 3.05) is 13.6 Å². The molecule has 0 radical (unpaired) electrons. The van der Waals surface area contributed by atoms with E-state index in [0.29, 0.717) is 34.4 Å². The van der Waals surface area contributed by atoms with Gasteiger partial charge >= 0.3 is 0 Å². The molecule has 0 saturated heterocycles. The van der Waals surface area contributed by atoms with Gasteiger partial charge in [0.25, 0.3) is 5.56 Å². The molecule has 0 spiro atoms. The van der Waals surface area contributed by atoms with Gasteiger partial charge in [-0.25, -0.2) is 0 Å². The van der Waals surface area contributed by atoms with Crippen molar-refractivity contribution < 1.29 is 18.9 Å². The van der Waals surface area contributed by atoms with Crippen molar-refractivity contribution in [3.8, 4) is 34.3 Å². The van der Waals surface area contributed by atoms with Gasteiger partial charge in [-0.2, -0.15) is 5.11 Å². The van der Waals surface area contributed by atoms with E-state index in [1.165, 1.54) is 0 Å². The van der Waals surface area contributed by atoms with Crippen LogP contribution < -0.4 is 24.5 Å². The quantitative estimate of drug-likeness (QED) is 0.703. The summed E-state index contributed by atoms with van der Waals surface area (Å²) in [4.78, 5) is 12.1. The third-order valence-electron chi connectivity index (χ3n) is 4.04. The number of nitrogens with one attached hydrogen (secondary N) is 2. The highest BCUT2D eigenvalue weighted by molar-refractivity contribution is 5.73. The fraction of sp³-hybridized carbons (Fsp3) is 0.118. The van der Waals surface area contributed by atoms with Gasteiger partial charge in [-0.05, 0) is 30.3 Å². The zero-order valence-corrected chi connectivity index (χ0v) is 13.3. The number of H-pyrrole nitrogens is 2. The average Bonchev–Trinajstić information content (AvgIpc) is 3.38. The van der Waals surface area contributed by atoms with Crippen LogP contribution in [0.1, 0.15) is 0 Å². The van der Waals surface area contributed by atoms with Gasteiger partial charge in [-0.3, -0.25) is 15.0 Å². The number of fused-ring (bicyclic) bond motifs is 2. The van der Waals surface area contributed by atoms with Crippen LogP contribution in [0.4, 0.5) is 11.4 Å². The molecule has 1 aromatic heterocycles. The Morgan fingerprint density at radius 1 is 0.769 bits per heavy atom. The van der Waals surface area contributed by atoms with E-state index in [1.807, 2.05) is 6.07 Å². The minimum absolute atomic E-state index is 0.168. The SMILES string of the molecule is O=c1[nH][nH]c(-c2ccc3c(c2)OCO3)c1N=Nc1ccc2c(c1)OCO2. The summed E-state index contributed by atoms with van der Waals surface area (Å²) in [6.07, 6.45) is 0. The Balaban J connectivity index is 1.50. The van der Waals surface area contributed by atoms with Gasteiger partial charge in [0.1, 0.15) is 0 Å². The molecule has 3 heterocycles. The number of rotatable bonds is 3. The molecule has 0 atom stereocenters. The van der Waals surface area contributed by atoms with Crippen molar-refractivity contribution in [1.82, 2.24) is 10.2 Å². The zero-order chi connectivity index (χ0) is 17.5. The van der Waals surface area contributed by atoms with Crippen molar-refractivity contribution in [3.05, 3.63) is 46.8 Å². The molecule has 0 saturated carbocycles. The second kappa shape index (κ2) is 5.66. The number of hydrogen-bond acceptors (Lipinski definition) is 7. The molecular formula is C17H12N4O5. The van der Waals surface area contributed by atoms with E-state index in [4.69, 9.17) is 18.9 Å². The lowest BCUT2D eigenvalue weighted by Crippen LogP contribution is -1.96. The molecule has 2 aliphatic rings. The highest BCUT2D eigenvalue weighted by Gasteiger charge is 2.18. The Morgan fingerprint density at radius 2 is 1.46 bits per heavy atom. The average molecular weight is 352 g/mol. The van der Waals surface area contributed by atoms with Crippen LogP contribution in [-0.2, 0) is 0 Å². The van der Waals surface area contributed by atoms with Crippen LogP contribution in [0.2, 0.25) is 0 Å². The van der Waals surface area contributed by atoms with E-state index < -0.39 is 0 Å². The second-order valence-electron chi connectivity index (χ2n) is 5.61. The lowest BCUT2D eigenvalue weighted by Gasteiger charge is -2.01. The molecule has 9 nitrogen and oxygen atoms in total. The van der Waals surface area contributed by atoms with Gasteiger partial charge in [0.15, 0.2) is 28.7 Å². The molecule has 0 bridgehead atoms. The maximum absolute atomic E-state index is 12.1. The Morgan fingerprint density at radius 3 is 2.27 bits per heavy atom. The lowest BCUT2D eigenvalue weighted by molar-refractivity contribution is 0.173. The monoisotopic (exact) mass is 352 g/mol. The molecule has 26 heavy (non-hydrogen) atoms. The smallest absolute Gasteiger partial charge is 0.292 e. The lowest BCUT2D eigenvalue weighted by atomic mass is 10.1. The van der Waals surface area contributed by atoms with E-state index in [0.717, 1.165) is 5.56 Å². The molecule has 0 aliphatic carbocycles. The van der Waals surface area contributed by atoms with Crippen LogP contribution >= 0.6 is 0 Å². The summed E-state index contributed by atoms with van der Waals surface area (Å²) < 4.78 is 21.2.